The summed E-state index contributed by atoms with van der Waals surface area (Å²) in [6, 6.07) is 24.1. The van der Waals surface area contributed by atoms with E-state index in [-0.39, 0.29) is 30.0 Å². The van der Waals surface area contributed by atoms with Gasteiger partial charge in [-0.15, -0.1) is 0 Å². The molecule has 2 N–H and O–H groups in total. The third-order valence-electron chi connectivity index (χ3n) is 4.72. The third-order valence-corrected chi connectivity index (χ3v) is 4.72. The summed E-state index contributed by atoms with van der Waals surface area (Å²) >= 11 is 0. The van der Waals surface area contributed by atoms with E-state index in [1.165, 1.54) is 4.68 Å². The van der Waals surface area contributed by atoms with Gasteiger partial charge in [0, 0.05) is 12.1 Å². The van der Waals surface area contributed by atoms with E-state index in [1.807, 2.05) is 54.6 Å². The summed E-state index contributed by atoms with van der Waals surface area (Å²) in [6.07, 6.45) is 0.0641. The van der Waals surface area contributed by atoms with Crippen molar-refractivity contribution in [2.75, 3.05) is 5.32 Å². The molecule has 3 aromatic carbocycles. The van der Waals surface area contributed by atoms with Gasteiger partial charge in [-0.1, -0.05) is 54.6 Å². The second kappa shape index (κ2) is 7.98. The zero-order chi connectivity index (χ0) is 20.2. The lowest BCUT2D eigenvalue weighted by atomic mass is 10.1. The highest BCUT2D eigenvalue weighted by Crippen LogP contribution is 2.21. The monoisotopic (exact) mass is 385 g/mol. The number of aromatic amines is 1. The van der Waals surface area contributed by atoms with Gasteiger partial charge < -0.3 is 5.32 Å². The van der Waals surface area contributed by atoms with E-state index < -0.39 is 0 Å². The van der Waals surface area contributed by atoms with Gasteiger partial charge in [-0.05, 0) is 35.4 Å². The molecule has 29 heavy (non-hydrogen) atoms. The standard InChI is InChI=1S/C23H19N3O3/c27-21(24-18-12-10-17(11-13-18)16-6-2-1-3-7-16)14-15-26-23(29)20-9-5-4-8-19(20)22(28)25-26/h1-13H,14-15H2,(H,24,27)(H,25,28). The van der Waals surface area contributed by atoms with Gasteiger partial charge in [0.25, 0.3) is 11.1 Å². The molecule has 0 saturated carbocycles. The zero-order valence-electron chi connectivity index (χ0n) is 15.6. The van der Waals surface area contributed by atoms with E-state index in [2.05, 4.69) is 10.4 Å². The Morgan fingerprint density at radius 1 is 0.793 bits per heavy atom. The van der Waals surface area contributed by atoms with Crippen molar-refractivity contribution in [2.45, 2.75) is 13.0 Å². The van der Waals surface area contributed by atoms with Crippen molar-refractivity contribution in [1.29, 1.82) is 0 Å². The van der Waals surface area contributed by atoms with Crippen LogP contribution in [0.25, 0.3) is 21.9 Å². The molecule has 0 aliphatic heterocycles. The van der Waals surface area contributed by atoms with Crippen LogP contribution in [0.3, 0.4) is 0 Å². The minimum Gasteiger partial charge on any atom is -0.326 e. The molecule has 4 rings (SSSR count). The number of nitrogens with one attached hydrogen (secondary N) is 2. The number of aryl methyl sites for hydroxylation is 1. The number of carbonyl (C=O) groups excluding carboxylic acids is 1. The Bertz CT molecular complexity index is 1270. The Balaban J connectivity index is 1.43. The SMILES string of the molecule is O=C(CCn1[nH]c(=O)c2ccccc2c1=O)Nc1ccc(-c2ccccc2)cc1. The van der Waals surface area contributed by atoms with Gasteiger partial charge in [0.05, 0.1) is 17.3 Å². The maximum atomic E-state index is 12.5. The molecule has 1 heterocycles. The molecule has 1 amide bonds. The van der Waals surface area contributed by atoms with Crippen molar-refractivity contribution < 1.29 is 4.79 Å². The molecule has 0 spiro atoms. The summed E-state index contributed by atoms with van der Waals surface area (Å²) in [5.74, 6) is -0.238. The molecule has 0 radical (unpaired) electrons. The normalized spacial score (nSPS) is 10.8. The van der Waals surface area contributed by atoms with Gasteiger partial charge in [0.1, 0.15) is 0 Å². The first-order valence-corrected chi connectivity index (χ1v) is 9.29. The fourth-order valence-electron chi connectivity index (χ4n) is 3.22. The molecule has 0 saturated heterocycles. The molecule has 0 aliphatic carbocycles. The minimum atomic E-state index is -0.350. The van der Waals surface area contributed by atoms with E-state index in [4.69, 9.17) is 0 Å². The number of H-pyrrole nitrogens is 1. The van der Waals surface area contributed by atoms with Gasteiger partial charge in [0.2, 0.25) is 5.91 Å². The average molecular weight is 385 g/mol. The molecule has 4 aromatic rings. The van der Waals surface area contributed by atoms with Crippen LogP contribution in [-0.4, -0.2) is 15.7 Å². The van der Waals surface area contributed by atoms with Gasteiger partial charge in [0.15, 0.2) is 0 Å². The Labute approximate surface area is 166 Å². The molecular weight excluding hydrogens is 366 g/mol. The molecular formula is C23H19N3O3. The number of benzene rings is 3. The topological polar surface area (TPSA) is 84.0 Å². The summed E-state index contributed by atoms with van der Waals surface area (Å²) in [6.45, 7) is 0.0901. The van der Waals surface area contributed by atoms with E-state index in [9.17, 15) is 14.4 Å². The maximum Gasteiger partial charge on any atom is 0.273 e. The van der Waals surface area contributed by atoms with E-state index in [0.29, 0.717) is 16.5 Å². The number of hydrogen-bond acceptors (Lipinski definition) is 3. The highest BCUT2D eigenvalue weighted by molar-refractivity contribution is 5.91. The average Bonchev–Trinajstić information content (AvgIpc) is 2.76. The summed E-state index contributed by atoms with van der Waals surface area (Å²) in [4.78, 5) is 36.9. The van der Waals surface area contributed by atoms with Crippen LogP contribution in [0, 0.1) is 0 Å². The Kier molecular flexibility index (Phi) is 5.07. The Morgan fingerprint density at radius 2 is 1.41 bits per heavy atom. The summed E-state index contributed by atoms with van der Waals surface area (Å²) < 4.78 is 1.18. The van der Waals surface area contributed by atoms with Crippen molar-refractivity contribution in [3.05, 3.63) is 99.6 Å². The molecule has 1 aromatic heterocycles. The molecule has 6 heteroatoms. The molecule has 0 unspecified atom stereocenters. The number of rotatable bonds is 5. The van der Waals surface area contributed by atoms with Gasteiger partial charge >= 0.3 is 0 Å². The van der Waals surface area contributed by atoms with Gasteiger partial charge in [-0.2, -0.15) is 0 Å². The first-order valence-electron chi connectivity index (χ1n) is 9.29. The first kappa shape index (κ1) is 18.4. The van der Waals surface area contributed by atoms with Crippen LogP contribution in [0.1, 0.15) is 6.42 Å². The summed E-state index contributed by atoms with van der Waals surface area (Å²) in [7, 11) is 0. The van der Waals surface area contributed by atoms with Gasteiger partial charge in [-0.25, -0.2) is 4.68 Å². The van der Waals surface area contributed by atoms with Crippen molar-refractivity contribution in [3.63, 3.8) is 0 Å². The lowest BCUT2D eigenvalue weighted by Gasteiger charge is -2.09. The fourth-order valence-corrected chi connectivity index (χ4v) is 3.22. The highest BCUT2D eigenvalue weighted by atomic mass is 16.2. The van der Waals surface area contributed by atoms with Crippen LogP contribution in [0.4, 0.5) is 5.69 Å². The second-order valence-corrected chi connectivity index (χ2v) is 6.68. The summed E-state index contributed by atoms with van der Waals surface area (Å²) in [5, 5.41) is 6.03. The number of aromatic nitrogens is 2. The fraction of sp³-hybridized carbons (Fsp3) is 0.0870. The Morgan fingerprint density at radius 3 is 2.14 bits per heavy atom. The van der Waals surface area contributed by atoms with Crippen LogP contribution < -0.4 is 16.4 Å². The van der Waals surface area contributed by atoms with Gasteiger partial charge in [-0.3, -0.25) is 19.5 Å². The molecule has 0 bridgehead atoms. The molecule has 0 aliphatic rings. The van der Waals surface area contributed by atoms with E-state index in [1.54, 1.807) is 24.3 Å². The second-order valence-electron chi connectivity index (χ2n) is 6.68. The number of anilines is 1. The first-order chi connectivity index (χ1) is 14.1. The van der Waals surface area contributed by atoms with Crippen molar-refractivity contribution in [1.82, 2.24) is 9.78 Å². The number of fused-ring (bicyclic) bond motifs is 1. The molecule has 0 fully saturated rings. The van der Waals surface area contributed by atoms with Crippen LogP contribution in [0.15, 0.2) is 88.5 Å². The minimum absolute atomic E-state index is 0.0641. The lowest BCUT2D eigenvalue weighted by Crippen LogP contribution is -2.31. The van der Waals surface area contributed by atoms with Crippen LogP contribution in [-0.2, 0) is 11.3 Å². The number of carbonyl (C=O) groups is 1. The third kappa shape index (κ3) is 4.01. The van der Waals surface area contributed by atoms with Crippen molar-refractivity contribution >= 4 is 22.4 Å². The molecule has 0 atom stereocenters. The predicted molar refractivity (Wildman–Crippen MR) is 114 cm³/mol. The van der Waals surface area contributed by atoms with Crippen LogP contribution >= 0.6 is 0 Å². The predicted octanol–water partition coefficient (Wildman–Crippen LogP) is 3.39. The zero-order valence-corrected chi connectivity index (χ0v) is 15.6. The number of amides is 1. The number of nitrogens with zero attached hydrogens (tertiary/aromatic N) is 1. The largest absolute Gasteiger partial charge is 0.326 e. The van der Waals surface area contributed by atoms with Crippen LogP contribution in [0.5, 0.6) is 0 Å². The molecule has 6 nitrogen and oxygen atoms in total. The number of hydrogen-bond donors (Lipinski definition) is 2. The summed E-state index contributed by atoms with van der Waals surface area (Å²) in [5.41, 5.74) is 2.17. The Hall–Kier alpha value is -3.93. The van der Waals surface area contributed by atoms with Crippen LogP contribution in [0.2, 0.25) is 0 Å². The van der Waals surface area contributed by atoms with Crippen molar-refractivity contribution in [3.8, 4) is 11.1 Å². The van der Waals surface area contributed by atoms with E-state index in [0.717, 1.165) is 11.1 Å². The van der Waals surface area contributed by atoms with Crippen molar-refractivity contribution in [2.24, 2.45) is 0 Å². The smallest absolute Gasteiger partial charge is 0.273 e. The lowest BCUT2D eigenvalue weighted by molar-refractivity contribution is -0.116. The quantitative estimate of drug-likeness (QED) is 0.552. The molecule has 144 valence electrons. The highest BCUT2D eigenvalue weighted by Gasteiger charge is 2.09. The van der Waals surface area contributed by atoms with E-state index >= 15 is 0 Å². The maximum absolute atomic E-state index is 12.5.